The molecule has 5 atom stereocenters. The van der Waals surface area contributed by atoms with Crippen LogP contribution in [-0.2, 0) is 4.74 Å². The first-order valence-electron chi connectivity index (χ1n) is 12.0. The molecular formula is C25H31F2N5O. The van der Waals surface area contributed by atoms with Gasteiger partial charge in [-0.3, -0.25) is 5.43 Å². The molecule has 3 aliphatic heterocycles. The molecule has 176 valence electrons. The molecule has 1 aliphatic carbocycles. The Morgan fingerprint density at radius 2 is 1.88 bits per heavy atom. The summed E-state index contributed by atoms with van der Waals surface area (Å²) < 4.78 is 33.5. The van der Waals surface area contributed by atoms with E-state index in [4.69, 9.17) is 9.72 Å². The molecular weight excluding hydrogens is 424 g/mol. The average molecular weight is 456 g/mol. The summed E-state index contributed by atoms with van der Waals surface area (Å²) in [5, 5.41) is 3.37. The number of pyridine rings is 1. The van der Waals surface area contributed by atoms with Gasteiger partial charge in [-0.05, 0) is 61.4 Å². The minimum Gasteiger partial charge on any atom is -0.371 e. The fourth-order valence-electron chi connectivity index (χ4n) is 6.04. The van der Waals surface area contributed by atoms with Crippen LogP contribution in [0.3, 0.4) is 0 Å². The van der Waals surface area contributed by atoms with E-state index < -0.39 is 11.6 Å². The number of anilines is 1. The molecule has 1 spiro atoms. The fourth-order valence-corrected chi connectivity index (χ4v) is 6.04. The van der Waals surface area contributed by atoms with E-state index in [1.54, 1.807) is 0 Å². The molecule has 4 unspecified atom stereocenters. The second-order valence-corrected chi connectivity index (χ2v) is 10.4. The monoisotopic (exact) mass is 455 g/mol. The lowest BCUT2D eigenvalue weighted by Gasteiger charge is -2.56. The zero-order valence-corrected chi connectivity index (χ0v) is 18.9. The first-order chi connectivity index (χ1) is 16.0. The molecule has 3 N–H and O–H groups in total. The van der Waals surface area contributed by atoms with Crippen molar-refractivity contribution in [3.05, 3.63) is 59.3 Å². The van der Waals surface area contributed by atoms with Gasteiger partial charge in [-0.2, -0.15) is 0 Å². The standard InChI is InChI=1S/C25H31F2N5O/c1-15(17-6-18(26)8-19(27)7-17)33-20-3-4-22-21(9-20)24(31-30-22)16-2-5-23(29-10-16)32-13-25(14-32)11-28-12-25/h2,5-8,10,15,20-22,24,28,30-31H,3-4,9,11-14H2,1H3/t15-,20?,21?,22?,24?/m1/s1. The summed E-state index contributed by atoms with van der Waals surface area (Å²) in [7, 11) is 0. The zero-order chi connectivity index (χ0) is 22.6. The molecule has 6 rings (SSSR count). The maximum absolute atomic E-state index is 13.6. The van der Waals surface area contributed by atoms with E-state index in [0.29, 0.717) is 22.9 Å². The van der Waals surface area contributed by atoms with Crippen LogP contribution in [0.5, 0.6) is 0 Å². The van der Waals surface area contributed by atoms with Crippen LogP contribution in [0.2, 0.25) is 0 Å². The molecule has 8 heteroatoms. The maximum atomic E-state index is 13.6. The lowest BCUT2D eigenvalue weighted by molar-refractivity contribution is -0.0372. The summed E-state index contributed by atoms with van der Waals surface area (Å²) in [4.78, 5) is 7.12. The van der Waals surface area contributed by atoms with Crippen LogP contribution in [0, 0.1) is 23.0 Å². The highest BCUT2D eigenvalue weighted by Gasteiger charge is 2.48. The Bertz CT molecular complexity index is 986. The number of ether oxygens (including phenoxy) is 1. The topological polar surface area (TPSA) is 61.5 Å². The van der Waals surface area contributed by atoms with Crippen molar-refractivity contribution < 1.29 is 13.5 Å². The lowest BCUT2D eigenvalue weighted by Crippen LogP contribution is -2.71. The molecule has 4 heterocycles. The minimum absolute atomic E-state index is 0.0531. The van der Waals surface area contributed by atoms with E-state index >= 15 is 0 Å². The lowest BCUT2D eigenvalue weighted by atomic mass is 9.74. The van der Waals surface area contributed by atoms with E-state index in [1.807, 2.05) is 13.1 Å². The zero-order valence-electron chi connectivity index (χ0n) is 18.9. The van der Waals surface area contributed by atoms with E-state index in [1.165, 1.54) is 17.7 Å². The van der Waals surface area contributed by atoms with E-state index in [2.05, 4.69) is 33.2 Å². The molecule has 1 saturated carbocycles. The molecule has 2 aromatic rings. The molecule has 4 fully saturated rings. The van der Waals surface area contributed by atoms with Gasteiger partial charge in [0.1, 0.15) is 17.5 Å². The van der Waals surface area contributed by atoms with Crippen LogP contribution in [-0.4, -0.2) is 43.3 Å². The molecule has 0 amide bonds. The SMILES string of the molecule is C[C@@H](OC1CCC2NNC(c3ccc(N4CC5(CNC5)C4)nc3)C2C1)c1cc(F)cc(F)c1. The summed E-state index contributed by atoms with van der Waals surface area (Å²) >= 11 is 0. The van der Waals surface area contributed by atoms with Crippen LogP contribution >= 0.6 is 0 Å². The van der Waals surface area contributed by atoms with Crippen molar-refractivity contribution in [2.45, 2.75) is 50.5 Å². The predicted molar refractivity (Wildman–Crippen MR) is 122 cm³/mol. The molecule has 1 aromatic heterocycles. The molecule has 33 heavy (non-hydrogen) atoms. The Labute approximate surface area is 193 Å². The summed E-state index contributed by atoms with van der Waals surface area (Å²) in [6, 6.07) is 8.50. The number of hydrogen-bond donors (Lipinski definition) is 3. The predicted octanol–water partition coefficient (Wildman–Crippen LogP) is 3.23. The number of hydrogen-bond acceptors (Lipinski definition) is 6. The van der Waals surface area contributed by atoms with Gasteiger partial charge < -0.3 is 15.0 Å². The highest BCUT2D eigenvalue weighted by atomic mass is 19.1. The number of rotatable bonds is 5. The normalized spacial score (nSPS) is 31.1. The Hall–Kier alpha value is -2.13. The molecule has 0 bridgehead atoms. The van der Waals surface area contributed by atoms with Gasteiger partial charge in [0.2, 0.25) is 0 Å². The third kappa shape index (κ3) is 4.03. The van der Waals surface area contributed by atoms with Crippen molar-refractivity contribution in [3.63, 3.8) is 0 Å². The van der Waals surface area contributed by atoms with Gasteiger partial charge in [0.25, 0.3) is 0 Å². The first kappa shape index (κ1) is 21.4. The Kier molecular flexibility index (Phi) is 5.36. The smallest absolute Gasteiger partial charge is 0.128 e. The third-order valence-corrected chi connectivity index (χ3v) is 7.96. The second kappa shape index (κ2) is 8.27. The second-order valence-electron chi connectivity index (χ2n) is 10.4. The molecule has 0 radical (unpaired) electrons. The van der Waals surface area contributed by atoms with Crippen LogP contribution in [0.25, 0.3) is 0 Å². The van der Waals surface area contributed by atoms with E-state index in [9.17, 15) is 8.78 Å². The summed E-state index contributed by atoms with van der Waals surface area (Å²) in [5.41, 5.74) is 9.14. The third-order valence-electron chi connectivity index (χ3n) is 7.96. The van der Waals surface area contributed by atoms with Crippen molar-refractivity contribution in [1.82, 2.24) is 21.2 Å². The van der Waals surface area contributed by atoms with E-state index in [0.717, 1.165) is 57.3 Å². The van der Waals surface area contributed by atoms with Crippen molar-refractivity contribution in [2.75, 3.05) is 31.1 Å². The number of aromatic nitrogens is 1. The van der Waals surface area contributed by atoms with Crippen molar-refractivity contribution in [3.8, 4) is 0 Å². The van der Waals surface area contributed by atoms with Crippen LogP contribution < -0.4 is 21.1 Å². The number of halogens is 2. The quantitative estimate of drug-likeness (QED) is 0.644. The Morgan fingerprint density at radius 1 is 1.09 bits per heavy atom. The summed E-state index contributed by atoms with van der Waals surface area (Å²) in [5.74, 6) is 0.296. The Morgan fingerprint density at radius 3 is 2.55 bits per heavy atom. The van der Waals surface area contributed by atoms with Gasteiger partial charge in [-0.1, -0.05) is 6.07 Å². The maximum Gasteiger partial charge on any atom is 0.128 e. The number of hydrazine groups is 1. The van der Waals surface area contributed by atoms with Crippen LogP contribution in [0.1, 0.15) is 49.5 Å². The molecule has 4 aliphatic rings. The average Bonchev–Trinajstić information content (AvgIpc) is 3.15. The van der Waals surface area contributed by atoms with Crippen molar-refractivity contribution in [2.24, 2.45) is 11.3 Å². The van der Waals surface area contributed by atoms with Gasteiger partial charge in [0, 0.05) is 49.9 Å². The van der Waals surface area contributed by atoms with Crippen molar-refractivity contribution in [1.29, 1.82) is 0 Å². The van der Waals surface area contributed by atoms with Gasteiger partial charge in [-0.25, -0.2) is 19.2 Å². The largest absolute Gasteiger partial charge is 0.371 e. The van der Waals surface area contributed by atoms with Gasteiger partial charge in [-0.15, -0.1) is 0 Å². The van der Waals surface area contributed by atoms with Crippen molar-refractivity contribution >= 4 is 5.82 Å². The van der Waals surface area contributed by atoms with Gasteiger partial charge >= 0.3 is 0 Å². The van der Waals surface area contributed by atoms with Crippen LogP contribution in [0.4, 0.5) is 14.6 Å². The minimum atomic E-state index is -0.567. The van der Waals surface area contributed by atoms with Gasteiger partial charge in [0.15, 0.2) is 0 Å². The number of benzene rings is 1. The number of nitrogens with one attached hydrogen (secondary N) is 3. The Balaban J connectivity index is 1.10. The molecule has 1 aromatic carbocycles. The number of nitrogens with zero attached hydrogens (tertiary/aromatic N) is 2. The summed E-state index contributed by atoms with van der Waals surface area (Å²) in [6.07, 6.45) is 4.51. The highest BCUT2D eigenvalue weighted by molar-refractivity contribution is 5.45. The summed E-state index contributed by atoms with van der Waals surface area (Å²) in [6.45, 7) is 6.29. The highest BCUT2D eigenvalue weighted by Crippen LogP contribution is 2.41. The van der Waals surface area contributed by atoms with Crippen LogP contribution in [0.15, 0.2) is 36.5 Å². The number of fused-ring (bicyclic) bond motifs is 1. The first-order valence-corrected chi connectivity index (χ1v) is 12.0. The molecule has 6 nitrogen and oxygen atoms in total. The molecule has 3 saturated heterocycles. The fraction of sp³-hybridized carbons (Fsp3) is 0.560. The van der Waals surface area contributed by atoms with E-state index in [-0.39, 0.29) is 18.2 Å². The van der Waals surface area contributed by atoms with Gasteiger partial charge in [0.05, 0.1) is 18.2 Å².